The average molecular weight is 311 g/mol. The Morgan fingerprint density at radius 1 is 1.30 bits per heavy atom. The van der Waals surface area contributed by atoms with E-state index in [2.05, 4.69) is 5.32 Å². The van der Waals surface area contributed by atoms with Gasteiger partial charge in [0.2, 0.25) is 0 Å². The van der Waals surface area contributed by atoms with E-state index in [0.29, 0.717) is 17.7 Å². The molecule has 20 heavy (non-hydrogen) atoms. The molecule has 106 valence electrons. The second kappa shape index (κ2) is 4.54. The van der Waals surface area contributed by atoms with Gasteiger partial charge in [-0.2, -0.15) is 0 Å². The van der Waals surface area contributed by atoms with Gasteiger partial charge in [0.15, 0.2) is 0 Å². The lowest BCUT2D eigenvalue weighted by atomic mass is 9.76. The molecule has 3 rings (SSSR count). The summed E-state index contributed by atoms with van der Waals surface area (Å²) in [6, 6.07) is 3.31. The predicted octanol–water partition coefficient (Wildman–Crippen LogP) is 2.30. The first-order chi connectivity index (χ1) is 9.36. The fourth-order valence-corrected chi connectivity index (χ4v) is 4.65. The molecule has 0 aliphatic heterocycles. The maximum atomic E-state index is 12.2. The molecule has 1 aliphatic carbocycles. The molecule has 3 N–H and O–H groups in total. The highest BCUT2D eigenvalue weighted by Gasteiger charge is 2.40. The second-order valence-corrected chi connectivity index (χ2v) is 7.71. The molecule has 0 bridgehead atoms. The van der Waals surface area contributed by atoms with Crippen molar-refractivity contribution in [2.45, 2.75) is 31.4 Å². The number of aliphatic hydroxyl groups is 1. The number of carbonyl (C=O) groups is 2. The lowest BCUT2D eigenvalue weighted by Gasteiger charge is -2.42. The summed E-state index contributed by atoms with van der Waals surface area (Å²) in [5, 5.41) is 22.0. The van der Waals surface area contributed by atoms with Crippen molar-refractivity contribution in [2.24, 2.45) is 0 Å². The Kier molecular flexibility index (Phi) is 3.07. The van der Waals surface area contributed by atoms with Gasteiger partial charge >= 0.3 is 5.97 Å². The van der Waals surface area contributed by atoms with Gasteiger partial charge in [0.25, 0.3) is 5.91 Å². The zero-order valence-electron chi connectivity index (χ0n) is 10.7. The fraction of sp³-hybridized carbons (Fsp3) is 0.385. The Morgan fingerprint density at radius 3 is 2.45 bits per heavy atom. The molecule has 0 spiro atoms. The quantitative estimate of drug-likeness (QED) is 0.812. The van der Waals surface area contributed by atoms with E-state index in [1.54, 1.807) is 12.1 Å². The molecule has 0 unspecified atom stereocenters. The molecule has 2 heterocycles. The number of carboxylic acids is 1. The van der Waals surface area contributed by atoms with Crippen molar-refractivity contribution in [1.29, 1.82) is 0 Å². The monoisotopic (exact) mass is 311 g/mol. The van der Waals surface area contributed by atoms with Gasteiger partial charge in [0, 0.05) is 10.9 Å². The fourth-order valence-electron chi connectivity index (χ4n) is 2.47. The van der Waals surface area contributed by atoms with Gasteiger partial charge in [-0.3, -0.25) is 4.79 Å². The molecule has 1 fully saturated rings. The Balaban J connectivity index is 1.78. The predicted molar refractivity (Wildman–Crippen MR) is 77.8 cm³/mol. The topological polar surface area (TPSA) is 86.6 Å². The number of rotatable bonds is 3. The van der Waals surface area contributed by atoms with Crippen molar-refractivity contribution in [3.63, 3.8) is 0 Å². The molecule has 0 aromatic carbocycles. The third kappa shape index (κ3) is 2.32. The van der Waals surface area contributed by atoms with E-state index in [9.17, 15) is 14.7 Å². The van der Waals surface area contributed by atoms with Crippen molar-refractivity contribution < 1.29 is 19.8 Å². The first kappa shape index (κ1) is 13.5. The van der Waals surface area contributed by atoms with E-state index in [-0.39, 0.29) is 22.4 Å². The summed E-state index contributed by atoms with van der Waals surface area (Å²) in [7, 11) is 0. The molecule has 2 aromatic heterocycles. The van der Waals surface area contributed by atoms with Crippen molar-refractivity contribution in [3.8, 4) is 0 Å². The van der Waals surface area contributed by atoms with Crippen LogP contribution in [0, 0.1) is 0 Å². The van der Waals surface area contributed by atoms with Crippen LogP contribution in [0.1, 0.15) is 39.1 Å². The third-order valence-corrected chi connectivity index (χ3v) is 5.81. The molecular weight excluding hydrogens is 298 g/mol. The number of nitrogens with one attached hydrogen (secondary N) is 1. The summed E-state index contributed by atoms with van der Waals surface area (Å²) in [6.07, 6.45) is 0.814. The largest absolute Gasteiger partial charge is 0.477 e. The van der Waals surface area contributed by atoms with Gasteiger partial charge < -0.3 is 15.5 Å². The van der Waals surface area contributed by atoms with E-state index in [1.165, 1.54) is 22.7 Å². The number of fused-ring (bicyclic) bond motifs is 1. The maximum Gasteiger partial charge on any atom is 0.345 e. The standard InChI is InChI=1S/C13H13NO4S2/c1-13(4-7(15)5-13)14-10(16)8-2-6-3-9(11(17)18)20-12(6)19-8/h2-3,7,15H,4-5H2,1H3,(H,14,16)(H,17,18). The summed E-state index contributed by atoms with van der Waals surface area (Å²) >= 11 is 2.48. The molecule has 0 radical (unpaired) electrons. The maximum absolute atomic E-state index is 12.2. The van der Waals surface area contributed by atoms with Gasteiger partial charge in [0.1, 0.15) is 4.88 Å². The van der Waals surface area contributed by atoms with Gasteiger partial charge in [0.05, 0.1) is 15.0 Å². The number of aromatic carboxylic acids is 1. The van der Waals surface area contributed by atoms with Crippen molar-refractivity contribution in [3.05, 3.63) is 21.9 Å². The van der Waals surface area contributed by atoms with Crippen LogP contribution in [0.5, 0.6) is 0 Å². The molecule has 1 aliphatic rings. The Morgan fingerprint density at radius 2 is 1.90 bits per heavy atom. The van der Waals surface area contributed by atoms with Crippen LogP contribution in [0.25, 0.3) is 9.40 Å². The van der Waals surface area contributed by atoms with Crippen LogP contribution >= 0.6 is 22.7 Å². The number of hydrogen-bond donors (Lipinski definition) is 3. The summed E-state index contributed by atoms with van der Waals surface area (Å²) in [6.45, 7) is 1.91. The number of hydrogen-bond acceptors (Lipinski definition) is 5. The second-order valence-electron chi connectivity index (χ2n) is 5.35. The summed E-state index contributed by atoms with van der Waals surface area (Å²) in [5.41, 5.74) is -0.333. The van der Waals surface area contributed by atoms with E-state index in [0.717, 1.165) is 9.40 Å². The highest BCUT2D eigenvalue weighted by Crippen LogP contribution is 2.35. The van der Waals surface area contributed by atoms with Crippen LogP contribution < -0.4 is 5.32 Å². The number of amides is 1. The van der Waals surface area contributed by atoms with Crippen LogP contribution in [0.15, 0.2) is 12.1 Å². The lowest BCUT2D eigenvalue weighted by Crippen LogP contribution is -2.57. The molecule has 2 aromatic rings. The van der Waals surface area contributed by atoms with Crippen LogP contribution in [0.3, 0.4) is 0 Å². The van der Waals surface area contributed by atoms with Gasteiger partial charge in [-0.05, 0) is 31.9 Å². The van der Waals surface area contributed by atoms with Gasteiger partial charge in [-0.15, -0.1) is 22.7 Å². The number of carboxylic acid groups (broad SMARTS) is 1. The molecule has 0 saturated heterocycles. The minimum atomic E-state index is -0.944. The van der Waals surface area contributed by atoms with Crippen LogP contribution in [0.4, 0.5) is 0 Å². The van der Waals surface area contributed by atoms with Crippen molar-refractivity contribution in [2.75, 3.05) is 0 Å². The van der Waals surface area contributed by atoms with Crippen LogP contribution in [0.2, 0.25) is 0 Å². The van der Waals surface area contributed by atoms with Crippen molar-refractivity contribution >= 4 is 43.9 Å². The number of aliphatic hydroxyl groups excluding tert-OH is 1. The molecule has 1 amide bonds. The molecule has 5 nitrogen and oxygen atoms in total. The van der Waals surface area contributed by atoms with E-state index in [1.807, 2.05) is 6.92 Å². The zero-order valence-corrected chi connectivity index (χ0v) is 12.3. The minimum absolute atomic E-state index is 0.162. The number of thiophene rings is 2. The first-order valence-electron chi connectivity index (χ1n) is 6.13. The highest BCUT2D eigenvalue weighted by molar-refractivity contribution is 7.39. The van der Waals surface area contributed by atoms with Gasteiger partial charge in [-0.1, -0.05) is 0 Å². The highest BCUT2D eigenvalue weighted by atomic mass is 32.2. The minimum Gasteiger partial charge on any atom is -0.477 e. The smallest absolute Gasteiger partial charge is 0.345 e. The van der Waals surface area contributed by atoms with E-state index >= 15 is 0 Å². The number of carbonyl (C=O) groups excluding carboxylic acids is 1. The zero-order chi connectivity index (χ0) is 14.5. The van der Waals surface area contributed by atoms with Crippen molar-refractivity contribution in [1.82, 2.24) is 5.32 Å². The Bertz CT molecular complexity index is 665. The van der Waals surface area contributed by atoms with Crippen LogP contribution in [-0.4, -0.2) is 33.7 Å². The summed E-state index contributed by atoms with van der Waals surface area (Å²) in [4.78, 5) is 23.9. The normalized spacial score (nSPS) is 25.4. The summed E-state index contributed by atoms with van der Waals surface area (Å²) in [5.74, 6) is -1.11. The molecular formula is C13H13NO4S2. The van der Waals surface area contributed by atoms with Gasteiger partial charge in [-0.25, -0.2) is 4.79 Å². The van der Waals surface area contributed by atoms with Crippen LogP contribution in [-0.2, 0) is 0 Å². The lowest BCUT2D eigenvalue weighted by molar-refractivity contribution is 0.0129. The molecule has 1 saturated carbocycles. The molecule has 0 atom stereocenters. The first-order valence-corrected chi connectivity index (χ1v) is 7.77. The van der Waals surface area contributed by atoms with E-state index < -0.39 is 5.97 Å². The third-order valence-electron chi connectivity index (χ3n) is 3.44. The average Bonchev–Trinajstić information content (AvgIpc) is 2.83. The molecule has 7 heteroatoms. The van der Waals surface area contributed by atoms with E-state index in [4.69, 9.17) is 5.11 Å². The Hall–Kier alpha value is -1.44. The Labute approximate surface area is 122 Å². The SMILES string of the molecule is CC1(NC(=O)c2cc3cc(C(=O)O)sc3s2)CC(O)C1. The summed E-state index contributed by atoms with van der Waals surface area (Å²) < 4.78 is 0.839.